The summed E-state index contributed by atoms with van der Waals surface area (Å²) in [5, 5.41) is 0. The van der Waals surface area contributed by atoms with Crippen molar-refractivity contribution in [1.82, 2.24) is 4.72 Å². The van der Waals surface area contributed by atoms with Gasteiger partial charge in [-0.3, -0.25) is 4.18 Å². The summed E-state index contributed by atoms with van der Waals surface area (Å²) in [5.41, 5.74) is 0.918. The Labute approximate surface area is 83.2 Å². The van der Waals surface area contributed by atoms with Crippen LogP contribution >= 0.6 is 0 Å². The first kappa shape index (κ1) is 9.64. The largest absolute Gasteiger partial charge is 0.336 e. The van der Waals surface area contributed by atoms with Crippen LogP contribution < -0.4 is 4.72 Å². The van der Waals surface area contributed by atoms with E-state index < -0.39 is 10.3 Å². The Morgan fingerprint density at radius 2 is 1.93 bits per heavy atom. The molecule has 5 heteroatoms. The van der Waals surface area contributed by atoms with Crippen molar-refractivity contribution < 1.29 is 12.6 Å². The molecule has 0 aliphatic carbocycles. The van der Waals surface area contributed by atoms with Crippen LogP contribution in [-0.2, 0) is 14.5 Å². The first-order valence-electron chi connectivity index (χ1n) is 4.34. The van der Waals surface area contributed by atoms with E-state index in [9.17, 15) is 8.42 Å². The molecule has 0 bridgehead atoms. The molecule has 1 aromatic rings. The minimum absolute atomic E-state index is 0.277. The van der Waals surface area contributed by atoms with E-state index in [1.165, 1.54) is 0 Å². The summed E-state index contributed by atoms with van der Waals surface area (Å²) in [6, 6.07) is 9.10. The summed E-state index contributed by atoms with van der Waals surface area (Å²) in [6.07, 6.45) is -0.359. The third-order valence-electron chi connectivity index (χ3n) is 2.18. The normalized spacial score (nSPS) is 30.4. The second-order valence-corrected chi connectivity index (χ2v) is 4.60. The lowest BCUT2D eigenvalue weighted by Gasteiger charge is -2.11. The average Bonchev–Trinajstić information content (AvgIpc) is 2.41. The molecule has 14 heavy (non-hydrogen) atoms. The predicted molar refractivity (Wildman–Crippen MR) is 51.8 cm³/mol. The van der Waals surface area contributed by atoms with Gasteiger partial charge < -0.3 is 0 Å². The maximum Gasteiger partial charge on any atom is 0.336 e. The molecule has 1 heterocycles. The fourth-order valence-corrected chi connectivity index (χ4v) is 2.74. The highest BCUT2D eigenvalue weighted by atomic mass is 32.2. The van der Waals surface area contributed by atoms with Crippen LogP contribution in [0.3, 0.4) is 0 Å². The van der Waals surface area contributed by atoms with Crippen molar-refractivity contribution >= 4 is 10.3 Å². The van der Waals surface area contributed by atoms with E-state index in [4.69, 9.17) is 4.18 Å². The zero-order valence-electron chi connectivity index (χ0n) is 7.67. The molecular formula is C9H11NO3S. The van der Waals surface area contributed by atoms with Crippen LogP contribution in [0.15, 0.2) is 30.3 Å². The smallest absolute Gasteiger partial charge is 0.253 e. The van der Waals surface area contributed by atoms with Crippen molar-refractivity contribution in [2.45, 2.75) is 19.1 Å². The van der Waals surface area contributed by atoms with E-state index in [1.54, 1.807) is 6.92 Å². The van der Waals surface area contributed by atoms with E-state index in [0.29, 0.717) is 0 Å². The Bertz CT molecular complexity index is 415. The first-order chi connectivity index (χ1) is 6.58. The van der Waals surface area contributed by atoms with Gasteiger partial charge in [-0.05, 0) is 12.5 Å². The van der Waals surface area contributed by atoms with Gasteiger partial charge in [0.1, 0.15) is 0 Å². The predicted octanol–water partition coefficient (Wildman–Crippen LogP) is 0.981. The molecule has 0 radical (unpaired) electrons. The number of hydrogen-bond donors (Lipinski definition) is 1. The summed E-state index contributed by atoms with van der Waals surface area (Å²) in [6.45, 7) is 1.73. The van der Waals surface area contributed by atoms with Crippen molar-refractivity contribution in [3.8, 4) is 0 Å². The van der Waals surface area contributed by atoms with Crippen molar-refractivity contribution in [3.63, 3.8) is 0 Å². The fraction of sp³-hybridized carbons (Fsp3) is 0.333. The molecule has 0 spiro atoms. The van der Waals surface area contributed by atoms with Crippen LogP contribution in [0.1, 0.15) is 18.5 Å². The minimum atomic E-state index is -3.54. The van der Waals surface area contributed by atoms with Crippen LogP contribution in [0.4, 0.5) is 0 Å². The molecule has 1 aliphatic heterocycles. The van der Waals surface area contributed by atoms with E-state index in [-0.39, 0.29) is 12.1 Å². The van der Waals surface area contributed by atoms with Gasteiger partial charge in [0.05, 0.1) is 12.1 Å². The van der Waals surface area contributed by atoms with E-state index in [1.807, 2.05) is 30.3 Å². The van der Waals surface area contributed by atoms with Gasteiger partial charge in [-0.15, -0.1) is 0 Å². The minimum Gasteiger partial charge on any atom is -0.253 e. The second-order valence-electron chi connectivity index (χ2n) is 3.26. The van der Waals surface area contributed by atoms with Gasteiger partial charge >= 0.3 is 10.3 Å². The molecule has 1 aliphatic rings. The Morgan fingerprint density at radius 3 is 2.43 bits per heavy atom. The average molecular weight is 213 g/mol. The molecule has 2 atom stereocenters. The van der Waals surface area contributed by atoms with Crippen LogP contribution in [0.5, 0.6) is 0 Å². The molecule has 1 aromatic carbocycles. The van der Waals surface area contributed by atoms with Crippen LogP contribution in [-0.4, -0.2) is 14.5 Å². The molecule has 0 unspecified atom stereocenters. The third kappa shape index (κ3) is 1.79. The van der Waals surface area contributed by atoms with Crippen molar-refractivity contribution in [2.75, 3.05) is 0 Å². The van der Waals surface area contributed by atoms with Gasteiger partial charge in [0.25, 0.3) is 0 Å². The number of hydrogen-bond acceptors (Lipinski definition) is 3. The Balaban J connectivity index is 2.30. The van der Waals surface area contributed by atoms with E-state index >= 15 is 0 Å². The number of benzene rings is 1. The summed E-state index contributed by atoms with van der Waals surface area (Å²) in [4.78, 5) is 0. The highest BCUT2D eigenvalue weighted by molar-refractivity contribution is 7.85. The van der Waals surface area contributed by atoms with Gasteiger partial charge in [-0.2, -0.15) is 13.1 Å². The zero-order valence-corrected chi connectivity index (χ0v) is 8.49. The SMILES string of the molecule is C[C@@H]1OS(=O)(=O)N[C@@H]1c1ccccc1. The molecule has 2 rings (SSSR count). The summed E-state index contributed by atoms with van der Waals surface area (Å²) >= 11 is 0. The monoisotopic (exact) mass is 213 g/mol. The number of nitrogens with one attached hydrogen (secondary N) is 1. The highest BCUT2D eigenvalue weighted by Gasteiger charge is 2.35. The summed E-state index contributed by atoms with van der Waals surface area (Å²) in [5.74, 6) is 0. The first-order valence-corrected chi connectivity index (χ1v) is 5.75. The lowest BCUT2D eigenvalue weighted by Crippen LogP contribution is -2.21. The Hall–Kier alpha value is -0.910. The zero-order chi connectivity index (χ0) is 10.2. The van der Waals surface area contributed by atoms with Gasteiger partial charge in [0.2, 0.25) is 0 Å². The van der Waals surface area contributed by atoms with Gasteiger partial charge in [-0.25, -0.2) is 0 Å². The lowest BCUT2D eigenvalue weighted by molar-refractivity contribution is 0.236. The molecule has 0 amide bonds. The Morgan fingerprint density at radius 1 is 1.29 bits per heavy atom. The highest BCUT2D eigenvalue weighted by Crippen LogP contribution is 2.26. The summed E-state index contributed by atoms with van der Waals surface area (Å²) in [7, 11) is -3.54. The standard InChI is InChI=1S/C9H11NO3S/c1-7-9(10-14(11,12)13-7)8-5-3-2-4-6-8/h2-7,9-10H,1H3/t7-,9-/m0/s1. The third-order valence-corrected chi connectivity index (χ3v) is 3.28. The molecule has 1 saturated heterocycles. The molecule has 1 fully saturated rings. The quantitative estimate of drug-likeness (QED) is 0.756. The Kier molecular flexibility index (Phi) is 2.30. The van der Waals surface area contributed by atoms with Crippen LogP contribution in [0, 0.1) is 0 Å². The second kappa shape index (κ2) is 3.34. The molecule has 76 valence electrons. The summed E-state index contributed by atoms with van der Waals surface area (Å²) < 4.78 is 29.4. The van der Waals surface area contributed by atoms with E-state index in [0.717, 1.165) is 5.56 Å². The fourth-order valence-electron chi connectivity index (χ4n) is 1.53. The lowest BCUT2D eigenvalue weighted by atomic mass is 10.0. The van der Waals surface area contributed by atoms with Gasteiger partial charge in [0, 0.05) is 0 Å². The topological polar surface area (TPSA) is 55.4 Å². The van der Waals surface area contributed by atoms with Crippen molar-refractivity contribution in [3.05, 3.63) is 35.9 Å². The van der Waals surface area contributed by atoms with Gasteiger partial charge in [-0.1, -0.05) is 30.3 Å². The van der Waals surface area contributed by atoms with Crippen LogP contribution in [0.2, 0.25) is 0 Å². The van der Waals surface area contributed by atoms with Crippen LogP contribution in [0.25, 0.3) is 0 Å². The van der Waals surface area contributed by atoms with Crippen molar-refractivity contribution in [2.24, 2.45) is 0 Å². The molecule has 1 N–H and O–H groups in total. The molecule has 0 saturated carbocycles. The number of rotatable bonds is 1. The maximum atomic E-state index is 11.1. The van der Waals surface area contributed by atoms with Gasteiger partial charge in [0.15, 0.2) is 0 Å². The van der Waals surface area contributed by atoms with Crippen molar-refractivity contribution in [1.29, 1.82) is 0 Å². The molecular weight excluding hydrogens is 202 g/mol. The van der Waals surface area contributed by atoms with E-state index in [2.05, 4.69) is 4.72 Å². The molecule has 0 aromatic heterocycles. The molecule has 4 nitrogen and oxygen atoms in total. The maximum absolute atomic E-state index is 11.1.